The van der Waals surface area contributed by atoms with Crippen molar-refractivity contribution in [3.05, 3.63) is 35.9 Å². The Morgan fingerprint density at radius 2 is 2.19 bits per heavy atom. The monoisotopic (exact) mass is 219 g/mol. The summed E-state index contributed by atoms with van der Waals surface area (Å²) in [5, 5.41) is 3.39. The molecule has 2 rings (SSSR count). The van der Waals surface area contributed by atoms with E-state index in [-0.39, 0.29) is 0 Å². The molecule has 0 spiro atoms. The molecule has 0 aliphatic carbocycles. The summed E-state index contributed by atoms with van der Waals surface area (Å²) in [5.41, 5.74) is 2.63. The van der Waals surface area contributed by atoms with E-state index in [1.807, 2.05) is 12.4 Å². The Balaban J connectivity index is 1.63. The normalized spacial score (nSPS) is 15.9. The molecule has 0 radical (unpaired) electrons. The Morgan fingerprint density at radius 3 is 2.94 bits per heavy atom. The summed E-state index contributed by atoms with van der Waals surface area (Å²) in [6.45, 7) is 3.49. The first kappa shape index (κ1) is 11.2. The number of nitrogens with one attached hydrogen (secondary N) is 1. The van der Waals surface area contributed by atoms with Gasteiger partial charge in [-0.1, -0.05) is 11.6 Å². The summed E-state index contributed by atoms with van der Waals surface area (Å²) >= 11 is 0. The summed E-state index contributed by atoms with van der Waals surface area (Å²) in [5.74, 6) is 0. The first-order valence-electron chi connectivity index (χ1n) is 5.65. The molecule has 0 atom stereocenters. The van der Waals surface area contributed by atoms with Crippen LogP contribution in [0.25, 0.3) is 0 Å². The highest BCUT2D eigenvalue weighted by atomic mass is 16.5. The van der Waals surface area contributed by atoms with Crippen LogP contribution in [0.5, 0.6) is 0 Å². The highest BCUT2D eigenvalue weighted by Gasteiger charge is 2.02. The van der Waals surface area contributed by atoms with E-state index in [0.717, 1.165) is 44.7 Å². The van der Waals surface area contributed by atoms with Gasteiger partial charge in [0.1, 0.15) is 6.33 Å². The third-order valence-electron chi connectivity index (χ3n) is 2.62. The highest BCUT2D eigenvalue weighted by Crippen LogP contribution is 2.10. The third-order valence-corrected chi connectivity index (χ3v) is 2.62. The number of rotatable bonds is 5. The van der Waals surface area contributed by atoms with E-state index < -0.39 is 0 Å². The average Bonchev–Trinajstić information content (AvgIpc) is 2.37. The van der Waals surface area contributed by atoms with Gasteiger partial charge in [0.2, 0.25) is 0 Å². The molecule has 1 N–H and O–H groups in total. The molecule has 4 nitrogen and oxygen atoms in total. The lowest BCUT2D eigenvalue weighted by atomic mass is 10.1. The Hall–Kier alpha value is -1.26. The van der Waals surface area contributed by atoms with E-state index >= 15 is 0 Å². The van der Waals surface area contributed by atoms with Crippen LogP contribution in [-0.2, 0) is 11.3 Å². The lowest BCUT2D eigenvalue weighted by Gasteiger charge is -2.13. The molecule has 0 saturated heterocycles. The Bertz CT molecular complexity index is 337. The smallest absolute Gasteiger partial charge is 0.115 e. The van der Waals surface area contributed by atoms with Crippen LogP contribution in [0.3, 0.4) is 0 Å². The van der Waals surface area contributed by atoms with Crippen molar-refractivity contribution in [3.8, 4) is 0 Å². The summed E-state index contributed by atoms with van der Waals surface area (Å²) in [4.78, 5) is 7.95. The lowest BCUT2D eigenvalue weighted by Crippen LogP contribution is -2.17. The van der Waals surface area contributed by atoms with E-state index in [2.05, 4.69) is 21.4 Å². The molecule has 0 saturated carbocycles. The highest BCUT2D eigenvalue weighted by molar-refractivity contribution is 5.05. The van der Waals surface area contributed by atoms with Gasteiger partial charge < -0.3 is 10.1 Å². The summed E-state index contributed by atoms with van der Waals surface area (Å²) in [6, 6.07) is 0. The fourth-order valence-electron chi connectivity index (χ4n) is 1.70. The van der Waals surface area contributed by atoms with E-state index in [0.29, 0.717) is 0 Å². The Labute approximate surface area is 95.8 Å². The van der Waals surface area contributed by atoms with Crippen molar-refractivity contribution in [2.24, 2.45) is 0 Å². The van der Waals surface area contributed by atoms with Crippen LogP contribution in [0.2, 0.25) is 0 Å². The zero-order chi connectivity index (χ0) is 11.1. The van der Waals surface area contributed by atoms with Crippen molar-refractivity contribution in [2.45, 2.75) is 19.4 Å². The van der Waals surface area contributed by atoms with E-state index in [9.17, 15) is 0 Å². The quantitative estimate of drug-likeness (QED) is 0.599. The van der Waals surface area contributed by atoms with Crippen molar-refractivity contribution in [1.29, 1.82) is 0 Å². The first-order chi connectivity index (χ1) is 7.95. The van der Waals surface area contributed by atoms with Crippen molar-refractivity contribution in [2.75, 3.05) is 19.8 Å². The van der Waals surface area contributed by atoms with Gasteiger partial charge in [-0.3, -0.25) is 0 Å². The zero-order valence-electron chi connectivity index (χ0n) is 9.35. The Morgan fingerprint density at radius 1 is 1.31 bits per heavy atom. The molecule has 0 bridgehead atoms. The van der Waals surface area contributed by atoms with E-state index in [4.69, 9.17) is 4.74 Å². The SMILES string of the molecule is C1=C(CCNCc2cncnc2)CCOC1. The van der Waals surface area contributed by atoms with Gasteiger partial charge in [-0.05, 0) is 19.4 Å². The van der Waals surface area contributed by atoms with Gasteiger partial charge in [0.15, 0.2) is 0 Å². The van der Waals surface area contributed by atoms with Gasteiger partial charge in [0, 0.05) is 24.5 Å². The maximum absolute atomic E-state index is 5.26. The Kier molecular flexibility index (Phi) is 4.46. The molecule has 2 heterocycles. The molecule has 1 aliphatic heterocycles. The van der Waals surface area contributed by atoms with Gasteiger partial charge in [0.25, 0.3) is 0 Å². The van der Waals surface area contributed by atoms with Gasteiger partial charge in [0.05, 0.1) is 13.2 Å². The largest absolute Gasteiger partial charge is 0.377 e. The molecular formula is C12H17N3O. The van der Waals surface area contributed by atoms with Crippen molar-refractivity contribution in [3.63, 3.8) is 0 Å². The predicted octanol–water partition coefficient (Wildman–Crippen LogP) is 1.30. The van der Waals surface area contributed by atoms with Crippen molar-refractivity contribution in [1.82, 2.24) is 15.3 Å². The predicted molar refractivity (Wildman–Crippen MR) is 61.9 cm³/mol. The topological polar surface area (TPSA) is 47.0 Å². The second-order valence-electron chi connectivity index (χ2n) is 3.86. The first-order valence-corrected chi connectivity index (χ1v) is 5.65. The standard InChI is InChI=1S/C12H17N3O/c1(11-2-5-16-6-3-11)4-13-7-12-8-14-10-15-9-12/h2,8-10,13H,1,3-7H2. The van der Waals surface area contributed by atoms with Crippen LogP contribution >= 0.6 is 0 Å². The fourth-order valence-corrected chi connectivity index (χ4v) is 1.70. The molecule has 0 unspecified atom stereocenters. The number of nitrogens with zero attached hydrogens (tertiary/aromatic N) is 2. The maximum atomic E-state index is 5.26. The molecule has 1 aromatic heterocycles. The van der Waals surface area contributed by atoms with Gasteiger partial charge >= 0.3 is 0 Å². The van der Waals surface area contributed by atoms with Crippen LogP contribution < -0.4 is 5.32 Å². The second kappa shape index (κ2) is 6.35. The molecule has 0 aromatic carbocycles. The van der Waals surface area contributed by atoms with E-state index in [1.54, 1.807) is 6.33 Å². The minimum Gasteiger partial charge on any atom is -0.377 e. The summed E-state index contributed by atoms with van der Waals surface area (Å²) in [7, 11) is 0. The minimum atomic E-state index is 0.780. The van der Waals surface area contributed by atoms with Gasteiger partial charge in [-0.2, -0.15) is 0 Å². The molecule has 86 valence electrons. The molecule has 4 heteroatoms. The van der Waals surface area contributed by atoms with Crippen molar-refractivity contribution >= 4 is 0 Å². The minimum absolute atomic E-state index is 0.780. The van der Waals surface area contributed by atoms with Crippen LogP contribution in [0.1, 0.15) is 18.4 Å². The van der Waals surface area contributed by atoms with E-state index in [1.165, 1.54) is 5.57 Å². The van der Waals surface area contributed by atoms with Crippen LogP contribution in [0.4, 0.5) is 0 Å². The maximum Gasteiger partial charge on any atom is 0.115 e. The third kappa shape index (κ3) is 3.72. The fraction of sp³-hybridized carbons (Fsp3) is 0.500. The van der Waals surface area contributed by atoms with Gasteiger partial charge in [-0.25, -0.2) is 9.97 Å². The summed E-state index contributed by atoms with van der Waals surface area (Å²) < 4.78 is 5.26. The number of aromatic nitrogens is 2. The van der Waals surface area contributed by atoms with Gasteiger partial charge in [-0.15, -0.1) is 0 Å². The molecular weight excluding hydrogens is 202 g/mol. The molecule has 0 fully saturated rings. The number of hydrogen-bond acceptors (Lipinski definition) is 4. The van der Waals surface area contributed by atoms with Crippen LogP contribution in [0, 0.1) is 0 Å². The number of hydrogen-bond donors (Lipinski definition) is 1. The van der Waals surface area contributed by atoms with Crippen LogP contribution in [0.15, 0.2) is 30.4 Å². The van der Waals surface area contributed by atoms with Crippen LogP contribution in [-0.4, -0.2) is 29.7 Å². The lowest BCUT2D eigenvalue weighted by molar-refractivity contribution is 0.153. The zero-order valence-corrected chi connectivity index (χ0v) is 9.35. The molecule has 16 heavy (non-hydrogen) atoms. The molecule has 1 aliphatic rings. The molecule has 0 amide bonds. The summed E-state index contributed by atoms with van der Waals surface area (Å²) in [6.07, 6.45) is 9.61. The van der Waals surface area contributed by atoms with Crippen molar-refractivity contribution < 1.29 is 4.74 Å². The molecule has 1 aromatic rings. The second-order valence-corrected chi connectivity index (χ2v) is 3.86. The average molecular weight is 219 g/mol. The number of ether oxygens (including phenoxy) is 1.